The molecule has 3 rings (SSSR count). The summed E-state index contributed by atoms with van der Waals surface area (Å²) >= 11 is 1.67. The average molecular weight is 331 g/mol. The van der Waals surface area contributed by atoms with Crippen LogP contribution in [0.4, 0.5) is 10.7 Å². The van der Waals surface area contributed by atoms with Gasteiger partial charge >= 0.3 is 6.03 Å². The number of nitrogens with zero attached hydrogens (tertiary/aromatic N) is 3. The molecule has 1 saturated heterocycles. The van der Waals surface area contributed by atoms with Crippen LogP contribution in [0.1, 0.15) is 23.3 Å². The molecule has 2 N–H and O–H groups in total. The van der Waals surface area contributed by atoms with E-state index in [1.807, 2.05) is 11.4 Å². The number of piperidine rings is 1. The first-order valence-corrected chi connectivity index (χ1v) is 8.69. The van der Waals surface area contributed by atoms with Crippen molar-refractivity contribution >= 4 is 23.3 Å². The fraction of sp³-hybridized carbons (Fsp3) is 0.438. The van der Waals surface area contributed by atoms with Crippen LogP contribution in [-0.2, 0) is 6.54 Å². The van der Waals surface area contributed by atoms with Crippen LogP contribution in [0.3, 0.4) is 0 Å². The van der Waals surface area contributed by atoms with Gasteiger partial charge in [0.05, 0.1) is 6.54 Å². The number of aromatic nitrogens is 2. The number of carbonyl (C=O) groups excluding carboxylic acids is 1. The van der Waals surface area contributed by atoms with E-state index in [1.54, 1.807) is 23.7 Å². The Kier molecular flexibility index (Phi) is 5.07. The molecule has 7 heteroatoms. The van der Waals surface area contributed by atoms with Crippen molar-refractivity contribution < 1.29 is 4.79 Å². The molecule has 0 saturated carbocycles. The van der Waals surface area contributed by atoms with Gasteiger partial charge in [-0.2, -0.15) is 0 Å². The van der Waals surface area contributed by atoms with Crippen LogP contribution in [-0.4, -0.2) is 35.1 Å². The highest BCUT2D eigenvalue weighted by Crippen LogP contribution is 2.16. The normalized spacial score (nSPS) is 15.4. The highest BCUT2D eigenvalue weighted by molar-refractivity contribution is 7.10. The monoisotopic (exact) mass is 331 g/mol. The second-order valence-corrected chi connectivity index (χ2v) is 6.66. The summed E-state index contributed by atoms with van der Waals surface area (Å²) in [5.41, 5.74) is 1.23. The van der Waals surface area contributed by atoms with Gasteiger partial charge in [0.2, 0.25) is 5.95 Å². The predicted molar refractivity (Wildman–Crippen MR) is 91.7 cm³/mol. The van der Waals surface area contributed by atoms with Crippen molar-refractivity contribution in [2.75, 3.05) is 18.0 Å². The van der Waals surface area contributed by atoms with Crippen LogP contribution < -0.4 is 15.5 Å². The highest BCUT2D eigenvalue weighted by Gasteiger charge is 2.21. The van der Waals surface area contributed by atoms with Crippen LogP contribution in [0.25, 0.3) is 0 Å². The fourth-order valence-corrected chi connectivity index (χ4v) is 3.51. The van der Waals surface area contributed by atoms with Gasteiger partial charge < -0.3 is 15.5 Å². The average Bonchev–Trinajstić information content (AvgIpc) is 3.00. The molecule has 122 valence electrons. The molecule has 0 spiro atoms. The molecule has 1 fully saturated rings. The number of hydrogen-bond acceptors (Lipinski definition) is 5. The van der Waals surface area contributed by atoms with Crippen molar-refractivity contribution in [1.82, 2.24) is 20.6 Å². The molecule has 1 aliphatic heterocycles. The third kappa shape index (κ3) is 4.19. The number of amides is 2. The summed E-state index contributed by atoms with van der Waals surface area (Å²) in [6, 6.07) is 4.00. The Morgan fingerprint density at radius 2 is 2.09 bits per heavy atom. The van der Waals surface area contributed by atoms with Crippen LogP contribution in [0.5, 0.6) is 0 Å². The minimum Gasteiger partial charge on any atom is -0.341 e. The maximum atomic E-state index is 12.0. The van der Waals surface area contributed by atoms with E-state index >= 15 is 0 Å². The first-order chi connectivity index (χ1) is 11.2. The molecule has 2 amide bonds. The smallest absolute Gasteiger partial charge is 0.315 e. The predicted octanol–water partition coefficient (Wildman–Crippen LogP) is 2.31. The van der Waals surface area contributed by atoms with Gasteiger partial charge in [-0.1, -0.05) is 0 Å². The molecular weight excluding hydrogens is 310 g/mol. The lowest BCUT2D eigenvalue weighted by molar-refractivity contribution is 0.234. The van der Waals surface area contributed by atoms with Gasteiger partial charge in [-0.3, -0.25) is 0 Å². The highest BCUT2D eigenvalue weighted by atomic mass is 32.1. The first kappa shape index (κ1) is 15.7. The van der Waals surface area contributed by atoms with Crippen molar-refractivity contribution in [3.05, 3.63) is 40.3 Å². The summed E-state index contributed by atoms with van der Waals surface area (Å²) < 4.78 is 0. The van der Waals surface area contributed by atoms with Crippen molar-refractivity contribution in [2.45, 2.75) is 32.4 Å². The van der Waals surface area contributed by atoms with Crippen molar-refractivity contribution in [2.24, 2.45) is 0 Å². The lowest BCUT2D eigenvalue weighted by Gasteiger charge is -2.32. The van der Waals surface area contributed by atoms with Gasteiger partial charge in [0.1, 0.15) is 0 Å². The molecule has 0 aliphatic carbocycles. The van der Waals surface area contributed by atoms with Gasteiger partial charge in [0.25, 0.3) is 0 Å². The fourth-order valence-electron chi connectivity index (χ4n) is 2.66. The molecule has 0 aromatic carbocycles. The molecule has 0 radical (unpaired) electrons. The number of rotatable bonds is 4. The zero-order chi connectivity index (χ0) is 16.1. The number of nitrogens with one attached hydrogen (secondary N) is 2. The summed E-state index contributed by atoms with van der Waals surface area (Å²) in [4.78, 5) is 23.9. The number of anilines is 1. The van der Waals surface area contributed by atoms with E-state index in [9.17, 15) is 4.79 Å². The molecule has 6 nitrogen and oxygen atoms in total. The summed E-state index contributed by atoms with van der Waals surface area (Å²) in [6.07, 6.45) is 5.33. The maximum Gasteiger partial charge on any atom is 0.315 e. The van der Waals surface area contributed by atoms with Crippen LogP contribution >= 0.6 is 11.3 Å². The van der Waals surface area contributed by atoms with Gasteiger partial charge in [-0.15, -0.1) is 11.3 Å². The zero-order valence-electron chi connectivity index (χ0n) is 13.2. The van der Waals surface area contributed by atoms with E-state index in [0.717, 1.165) is 31.9 Å². The standard InChI is InChI=1S/C16H21N5OS/c1-12-5-10-23-14(12)11-19-16(22)20-13-3-8-21(9-4-13)15-17-6-2-7-18-15/h2,5-7,10,13H,3-4,8-9,11H2,1H3,(H2,19,20,22). The Bertz CT molecular complexity index is 637. The van der Waals surface area contributed by atoms with Crippen molar-refractivity contribution in [3.8, 4) is 0 Å². The Morgan fingerprint density at radius 3 is 2.74 bits per heavy atom. The second-order valence-electron chi connectivity index (χ2n) is 5.66. The van der Waals surface area contributed by atoms with E-state index in [2.05, 4.69) is 38.5 Å². The Labute approximate surface area is 140 Å². The third-order valence-corrected chi connectivity index (χ3v) is 5.07. The third-order valence-electron chi connectivity index (χ3n) is 4.04. The van der Waals surface area contributed by atoms with Gasteiger partial charge in [-0.25, -0.2) is 14.8 Å². The lowest BCUT2D eigenvalue weighted by Crippen LogP contribution is -2.48. The molecule has 23 heavy (non-hydrogen) atoms. The Morgan fingerprint density at radius 1 is 1.35 bits per heavy atom. The zero-order valence-corrected chi connectivity index (χ0v) is 14.0. The minimum atomic E-state index is -0.0905. The van der Waals surface area contributed by atoms with Crippen molar-refractivity contribution in [1.29, 1.82) is 0 Å². The minimum absolute atomic E-state index is 0.0905. The summed E-state index contributed by atoms with van der Waals surface area (Å²) in [7, 11) is 0. The number of aryl methyl sites for hydroxylation is 1. The number of carbonyl (C=O) groups is 1. The second kappa shape index (κ2) is 7.41. The molecule has 2 aromatic rings. The van der Waals surface area contributed by atoms with Crippen LogP contribution in [0.15, 0.2) is 29.9 Å². The molecular formula is C16H21N5OS. The van der Waals surface area contributed by atoms with E-state index < -0.39 is 0 Å². The van der Waals surface area contributed by atoms with Crippen LogP contribution in [0, 0.1) is 6.92 Å². The molecule has 2 aromatic heterocycles. The molecule has 3 heterocycles. The topological polar surface area (TPSA) is 70.2 Å². The lowest BCUT2D eigenvalue weighted by atomic mass is 10.1. The van der Waals surface area contributed by atoms with Gasteiger partial charge in [0.15, 0.2) is 0 Å². The van der Waals surface area contributed by atoms with Gasteiger partial charge in [0, 0.05) is 36.4 Å². The molecule has 0 unspecified atom stereocenters. The number of urea groups is 1. The van der Waals surface area contributed by atoms with Crippen molar-refractivity contribution in [3.63, 3.8) is 0 Å². The van der Waals surface area contributed by atoms with Gasteiger partial charge in [-0.05, 0) is 42.8 Å². The van der Waals surface area contributed by atoms with E-state index in [0.29, 0.717) is 6.54 Å². The number of thiophene rings is 1. The summed E-state index contributed by atoms with van der Waals surface area (Å²) in [6.45, 7) is 4.37. The van der Waals surface area contributed by atoms with Crippen LogP contribution in [0.2, 0.25) is 0 Å². The number of hydrogen-bond donors (Lipinski definition) is 2. The summed E-state index contributed by atoms with van der Waals surface area (Å²) in [5, 5.41) is 8.05. The SMILES string of the molecule is Cc1ccsc1CNC(=O)NC1CCN(c2ncccn2)CC1. The Balaban J connectivity index is 1.42. The molecule has 1 aliphatic rings. The van der Waals surface area contributed by atoms with E-state index in [4.69, 9.17) is 0 Å². The molecule has 0 bridgehead atoms. The van der Waals surface area contributed by atoms with E-state index in [-0.39, 0.29) is 12.1 Å². The van der Waals surface area contributed by atoms with E-state index in [1.165, 1.54) is 10.4 Å². The Hall–Kier alpha value is -2.15. The summed E-state index contributed by atoms with van der Waals surface area (Å²) in [5.74, 6) is 0.767. The molecule has 0 atom stereocenters. The quantitative estimate of drug-likeness (QED) is 0.902. The maximum absolute atomic E-state index is 12.0. The first-order valence-electron chi connectivity index (χ1n) is 7.81. The largest absolute Gasteiger partial charge is 0.341 e.